The molecule has 4 nitrogen and oxygen atoms in total. The normalized spacial score (nSPS) is 10.5. The molecule has 0 bridgehead atoms. The largest absolute Gasteiger partial charge is 0.497 e. The Balaban J connectivity index is 1.73. The number of hydrogen-bond acceptors (Lipinski definition) is 4. The molecule has 0 saturated heterocycles. The van der Waals surface area contributed by atoms with E-state index in [-0.39, 0.29) is 5.91 Å². The van der Waals surface area contributed by atoms with E-state index < -0.39 is 0 Å². The quantitative estimate of drug-likeness (QED) is 0.705. The minimum absolute atomic E-state index is 0.147. The molecule has 0 spiro atoms. The predicted octanol–water partition coefficient (Wildman–Crippen LogP) is 4.71. The molecule has 0 unspecified atom stereocenters. The lowest BCUT2D eigenvalue weighted by molar-refractivity contribution is 0.0951. The number of amides is 1. The first kappa shape index (κ1) is 17.5. The van der Waals surface area contributed by atoms with Crippen LogP contribution in [0.3, 0.4) is 0 Å². The summed E-state index contributed by atoms with van der Waals surface area (Å²) in [5, 5.41) is 4.45. The minimum atomic E-state index is -0.147. The van der Waals surface area contributed by atoms with Crippen molar-refractivity contribution in [2.75, 3.05) is 7.11 Å². The number of halogens is 1. The fourth-order valence-corrected chi connectivity index (χ4v) is 3.69. The number of thiazole rings is 1. The first-order valence-corrected chi connectivity index (χ1v) is 8.91. The maximum Gasteiger partial charge on any atom is 0.251 e. The van der Waals surface area contributed by atoms with Crippen LogP contribution in [0, 0.1) is 6.92 Å². The average molecular weight is 373 g/mol. The molecule has 128 valence electrons. The summed E-state index contributed by atoms with van der Waals surface area (Å²) in [7, 11) is 1.58. The van der Waals surface area contributed by atoms with E-state index in [1.54, 1.807) is 31.4 Å². The lowest BCUT2D eigenvalue weighted by Crippen LogP contribution is -2.22. The Bertz CT molecular complexity index is 908. The highest BCUT2D eigenvalue weighted by atomic mass is 35.5. The molecule has 0 aliphatic heterocycles. The number of aromatic nitrogens is 1. The molecule has 0 atom stereocenters. The van der Waals surface area contributed by atoms with E-state index >= 15 is 0 Å². The molecule has 25 heavy (non-hydrogen) atoms. The second-order valence-corrected chi connectivity index (χ2v) is 6.91. The molecule has 1 amide bonds. The number of carbonyl (C=O) groups excluding carboxylic acids is 1. The zero-order valence-electron chi connectivity index (χ0n) is 13.9. The maximum atomic E-state index is 12.3. The zero-order valence-corrected chi connectivity index (χ0v) is 15.4. The monoisotopic (exact) mass is 372 g/mol. The van der Waals surface area contributed by atoms with Crippen LogP contribution in [-0.2, 0) is 6.54 Å². The van der Waals surface area contributed by atoms with Crippen LogP contribution in [0.15, 0.2) is 48.5 Å². The summed E-state index contributed by atoms with van der Waals surface area (Å²) in [5.74, 6) is 0.508. The van der Waals surface area contributed by atoms with E-state index in [9.17, 15) is 4.79 Å². The number of benzene rings is 2. The number of carbonyl (C=O) groups is 1. The number of methoxy groups -OCH3 is 1. The summed E-state index contributed by atoms with van der Waals surface area (Å²) < 4.78 is 5.15. The van der Waals surface area contributed by atoms with Crippen LogP contribution in [0.4, 0.5) is 0 Å². The zero-order chi connectivity index (χ0) is 17.8. The SMILES string of the molecule is COc1cccc(C(=O)NCc2sc(-c3ccccc3Cl)nc2C)c1. The molecule has 1 N–H and O–H groups in total. The Hall–Kier alpha value is -2.37. The van der Waals surface area contributed by atoms with E-state index in [0.717, 1.165) is 21.1 Å². The highest BCUT2D eigenvalue weighted by Crippen LogP contribution is 2.32. The Morgan fingerprint density at radius 1 is 1.24 bits per heavy atom. The van der Waals surface area contributed by atoms with Gasteiger partial charge in [0.1, 0.15) is 10.8 Å². The summed E-state index contributed by atoms with van der Waals surface area (Å²) in [4.78, 5) is 17.9. The van der Waals surface area contributed by atoms with Gasteiger partial charge in [0.25, 0.3) is 5.91 Å². The van der Waals surface area contributed by atoms with Crippen molar-refractivity contribution in [2.24, 2.45) is 0 Å². The fraction of sp³-hybridized carbons (Fsp3) is 0.158. The van der Waals surface area contributed by atoms with E-state index in [4.69, 9.17) is 16.3 Å². The highest BCUT2D eigenvalue weighted by molar-refractivity contribution is 7.15. The van der Waals surface area contributed by atoms with Crippen molar-refractivity contribution >= 4 is 28.8 Å². The molecular weight excluding hydrogens is 356 g/mol. The van der Waals surface area contributed by atoms with Crippen LogP contribution < -0.4 is 10.1 Å². The highest BCUT2D eigenvalue weighted by Gasteiger charge is 2.13. The molecule has 3 rings (SSSR count). The summed E-state index contributed by atoms with van der Waals surface area (Å²) in [6, 6.07) is 14.7. The second kappa shape index (κ2) is 7.68. The van der Waals surface area contributed by atoms with E-state index in [1.807, 2.05) is 31.2 Å². The van der Waals surface area contributed by atoms with Crippen molar-refractivity contribution in [3.05, 3.63) is 69.7 Å². The number of aryl methyl sites for hydroxylation is 1. The third-order valence-electron chi connectivity index (χ3n) is 3.74. The molecule has 0 aliphatic carbocycles. The fourth-order valence-electron chi connectivity index (χ4n) is 2.37. The van der Waals surface area contributed by atoms with E-state index in [0.29, 0.717) is 22.9 Å². The first-order valence-electron chi connectivity index (χ1n) is 7.72. The van der Waals surface area contributed by atoms with Crippen LogP contribution in [0.25, 0.3) is 10.6 Å². The summed E-state index contributed by atoms with van der Waals surface area (Å²) in [5.41, 5.74) is 2.36. The van der Waals surface area contributed by atoms with Crippen LogP contribution in [0.5, 0.6) is 5.75 Å². The number of hydrogen-bond donors (Lipinski definition) is 1. The van der Waals surface area contributed by atoms with Crippen LogP contribution >= 0.6 is 22.9 Å². The van der Waals surface area contributed by atoms with Crippen LogP contribution in [0.2, 0.25) is 5.02 Å². The Labute approximate surface area is 155 Å². The van der Waals surface area contributed by atoms with Gasteiger partial charge in [-0.15, -0.1) is 11.3 Å². The third kappa shape index (κ3) is 4.00. The van der Waals surface area contributed by atoms with Crippen molar-refractivity contribution in [3.63, 3.8) is 0 Å². The number of ether oxygens (including phenoxy) is 1. The van der Waals surface area contributed by atoms with Gasteiger partial charge in [0.2, 0.25) is 0 Å². The van der Waals surface area contributed by atoms with Gasteiger partial charge in [0.15, 0.2) is 0 Å². The Morgan fingerprint density at radius 2 is 2.04 bits per heavy atom. The summed E-state index contributed by atoms with van der Waals surface area (Å²) in [6.07, 6.45) is 0. The molecule has 1 heterocycles. The Morgan fingerprint density at radius 3 is 2.80 bits per heavy atom. The van der Waals surface area contributed by atoms with Crippen molar-refractivity contribution in [2.45, 2.75) is 13.5 Å². The van der Waals surface area contributed by atoms with Gasteiger partial charge in [-0.1, -0.05) is 35.9 Å². The standard InChI is InChI=1S/C19H17ClN2O2S/c1-12-17(25-19(22-12)15-8-3-4-9-16(15)20)11-21-18(23)13-6-5-7-14(10-13)24-2/h3-10H,11H2,1-2H3,(H,21,23). The summed E-state index contributed by atoms with van der Waals surface area (Å²) >= 11 is 7.78. The molecule has 1 aromatic heterocycles. The topological polar surface area (TPSA) is 51.2 Å². The van der Waals surface area contributed by atoms with Crippen LogP contribution in [-0.4, -0.2) is 18.0 Å². The molecule has 0 radical (unpaired) electrons. The lowest BCUT2D eigenvalue weighted by Gasteiger charge is -2.06. The van der Waals surface area contributed by atoms with Gasteiger partial charge in [0, 0.05) is 16.0 Å². The van der Waals surface area contributed by atoms with Crippen molar-refractivity contribution in [3.8, 4) is 16.3 Å². The second-order valence-electron chi connectivity index (χ2n) is 5.42. The Kier molecular flexibility index (Phi) is 5.36. The molecule has 0 fully saturated rings. The van der Waals surface area contributed by atoms with E-state index in [1.165, 1.54) is 11.3 Å². The molecular formula is C19H17ClN2O2S. The number of nitrogens with one attached hydrogen (secondary N) is 1. The van der Waals surface area contributed by atoms with Gasteiger partial charge in [-0.3, -0.25) is 4.79 Å². The van der Waals surface area contributed by atoms with Gasteiger partial charge >= 0.3 is 0 Å². The minimum Gasteiger partial charge on any atom is -0.497 e. The summed E-state index contributed by atoms with van der Waals surface area (Å²) in [6.45, 7) is 2.36. The van der Waals surface area contributed by atoms with Crippen molar-refractivity contribution in [1.82, 2.24) is 10.3 Å². The number of nitrogens with zero attached hydrogens (tertiary/aromatic N) is 1. The molecule has 3 aromatic rings. The molecule has 0 saturated carbocycles. The predicted molar refractivity (Wildman–Crippen MR) is 101 cm³/mol. The third-order valence-corrected chi connectivity index (χ3v) is 5.26. The molecule has 2 aromatic carbocycles. The first-order chi connectivity index (χ1) is 12.1. The molecule has 6 heteroatoms. The maximum absolute atomic E-state index is 12.3. The average Bonchev–Trinajstić information content (AvgIpc) is 3.00. The lowest BCUT2D eigenvalue weighted by atomic mass is 10.2. The van der Waals surface area contributed by atoms with Gasteiger partial charge in [-0.2, -0.15) is 0 Å². The van der Waals surface area contributed by atoms with Crippen molar-refractivity contribution < 1.29 is 9.53 Å². The van der Waals surface area contributed by atoms with Gasteiger partial charge in [-0.25, -0.2) is 4.98 Å². The number of rotatable bonds is 5. The van der Waals surface area contributed by atoms with E-state index in [2.05, 4.69) is 10.3 Å². The van der Waals surface area contributed by atoms with Gasteiger partial charge in [0.05, 0.1) is 24.4 Å². The van der Waals surface area contributed by atoms with Gasteiger partial charge < -0.3 is 10.1 Å². The van der Waals surface area contributed by atoms with Crippen molar-refractivity contribution in [1.29, 1.82) is 0 Å². The molecule has 0 aliphatic rings. The van der Waals surface area contributed by atoms with Gasteiger partial charge in [-0.05, 0) is 31.2 Å². The van der Waals surface area contributed by atoms with Crippen LogP contribution in [0.1, 0.15) is 20.9 Å². The smallest absolute Gasteiger partial charge is 0.251 e.